The molecule has 4 N–H and O–H groups in total. The van der Waals surface area contributed by atoms with Crippen LogP contribution in [0.4, 0.5) is 5.82 Å². The number of amides is 1. The van der Waals surface area contributed by atoms with Gasteiger partial charge in [-0.1, -0.05) is 6.07 Å². The number of pyridine rings is 1. The van der Waals surface area contributed by atoms with Crippen LogP contribution in [0.15, 0.2) is 30.9 Å². The first kappa shape index (κ1) is 25.4. The van der Waals surface area contributed by atoms with E-state index in [0.717, 1.165) is 60.9 Å². The second kappa shape index (κ2) is 9.71. The minimum absolute atomic E-state index is 0.00379. The second-order valence-electron chi connectivity index (χ2n) is 11.3. The summed E-state index contributed by atoms with van der Waals surface area (Å²) in [5, 5.41) is 22.9. The fourth-order valence-corrected chi connectivity index (χ4v) is 5.74. The fourth-order valence-electron chi connectivity index (χ4n) is 5.74. The quantitative estimate of drug-likeness (QED) is 0.297. The Hall–Kier alpha value is -3.86. The van der Waals surface area contributed by atoms with Crippen LogP contribution in [0.3, 0.4) is 0 Å². The van der Waals surface area contributed by atoms with Crippen molar-refractivity contribution in [2.45, 2.75) is 89.3 Å². The van der Waals surface area contributed by atoms with Crippen LogP contribution in [0.2, 0.25) is 0 Å². The third-order valence-electron chi connectivity index (χ3n) is 8.20. The van der Waals surface area contributed by atoms with Crippen molar-refractivity contribution < 1.29 is 9.90 Å². The van der Waals surface area contributed by atoms with Crippen molar-refractivity contribution in [3.8, 4) is 11.1 Å². The molecule has 2 aliphatic rings. The molecule has 39 heavy (non-hydrogen) atoms. The summed E-state index contributed by atoms with van der Waals surface area (Å²) in [6, 6.07) is 3.82. The van der Waals surface area contributed by atoms with Gasteiger partial charge in [-0.3, -0.25) is 9.78 Å². The number of carbonyl (C=O) groups excluding carboxylic acids is 1. The lowest BCUT2D eigenvalue weighted by Crippen LogP contribution is -2.44. The minimum Gasteiger partial charge on any atom is -0.384 e. The molecule has 6 rings (SSSR count). The maximum Gasteiger partial charge on any atom is 0.292 e. The monoisotopic (exact) mass is 529 g/mol. The lowest BCUT2D eigenvalue weighted by atomic mass is 9.77. The molecule has 1 atom stereocenters. The van der Waals surface area contributed by atoms with Gasteiger partial charge in [0, 0.05) is 35.0 Å². The first-order chi connectivity index (χ1) is 18.8. The van der Waals surface area contributed by atoms with E-state index in [2.05, 4.69) is 32.2 Å². The molecule has 4 aromatic heterocycles. The molecule has 0 spiro atoms. The van der Waals surface area contributed by atoms with Crippen LogP contribution < -0.4 is 5.73 Å². The van der Waals surface area contributed by atoms with Crippen LogP contribution in [0.25, 0.3) is 16.8 Å². The van der Waals surface area contributed by atoms with Gasteiger partial charge in [0.1, 0.15) is 17.7 Å². The van der Waals surface area contributed by atoms with Gasteiger partial charge in [0.2, 0.25) is 5.82 Å². The Kier molecular flexibility index (Phi) is 6.33. The fraction of sp³-hybridized carbons (Fsp3) is 0.500. The lowest BCUT2D eigenvalue weighted by Gasteiger charge is -2.35. The largest absolute Gasteiger partial charge is 0.384 e. The van der Waals surface area contributed by atoms with E-state index in [1.54, 1.807) is 16.9 Å². The molecule has 0 aromatic carbocycles. The average Bonchev–Trinajstić information content (AvgIpc) is 3.40. The van der Waals surface area contributed by atoms with E-state index >= 15 is 0 Å². The van der Waals surface area contributed by atoms with Gasteiger partial charge in [-0.25, -0.2) is 4.98 Å². The Morgan fingerprint density at radius 2 is 2.05 bits per heavy atom. The molecule has 2 aliphatic carbocycles. The van der Waals surface area contributed by atoms with Gasteiger partial charge >= 0.3 is 0 Å². The Morgan fingerprint density at radius 3 is 2.64 bits per heavy atom. The molecule has 0 bridgehead atoms. The van der Waals surface area contributed by atoms with Gasteiger partial charge in [-0.15, -0.1) is 10.2 Å². The average molecular weight is 530 g/mol. The van der Waals surface area contributed by atoms with Crippen LogP contribution >= 0.6 is 0 Å². The van der Waals surface area contributed by atoms with Gasteiger partial charge < -0.3 is 20.7 Å². The number of aromatic amines is 1. The molecule has 11 nitrogen and oxygen atoms in total. The maximum absolute atomic E-state index is 13.1. The first-order valence-corrected chi connectivity index (χ1v) is 13.8. The minimum atomic E-state index is -0.802. The molecule has 0 unspecified atom stereocenters. The molecule has 0 saturated heterocycles. The number of aliphatic hydroxyl groups is 1. The van der Waals surface area contributed by atoms with E-state index in [4.69, 9.17) is 10.7 Å². The third kappa shape index (κ3) is 4.54. The molecular weight excluding hydrogens is 494 g/mol. The molecule has 1 amide bonds. The van der Waals surface area contributed by atoms with E-state index in [0.29, 0.717) is 29.5 Å². The zero-order valence-electron chi connectivity index (χ0n) is 22.6. The Morgan fingerprint density at radius 1 is 1.26 bits per heavy atom. The highest BCUT2D eigenvalue weighted by Gasteiger charge is 2.37. The van der Waals surface area contributed by atoms with Crippen molar-refractivity contribution in [2.75, 3.05) is 5.73 Å². The number of nitrogens with zero attached hydrogens (tertiary/aromatic N) is 7. The number of fused-ring (bicyclic) bond motifs is 1. The van der Waals surface area contributed by atoms with Crippen LogP contribution in [0.1, 0.15) is 92.8 Å². The lowest BCUT2D eigenvalue weighted by molar-refractivity contribution is -0.0426. The highest BCUT2D eigenvalue weighted by molar-refractivity contribution is 5.90. The summed E-state index contributed by atoms with van der Waals surface area (Å²) in [5.41, 5.74) is 11.1. The van der Waals surface area contributed by atoms with E-state index in [-0.39, 0.29) is 23.8 Å². The molecule has 4 aromatic rings. The Bertz CT molecular complexity index is 1490. The number of hydrogen-bond donors (Lipinski definition) is 3. The van der Waals surface area contributed by atoms with Gasteiger partial charge in [-0.05, 0) is 77.7 Å². The number of nitrogens with one attached hydrogen (secondary N) is 1. The SMILES string of the molecule is CC(C)N(C(=O)c1nnc[nH]1)[C@H](C)CCc1nc2c(-c3ccc(C4(O)CCC4)nc3)cnn2c(N)c1C1CC1. The molecule has 2 saturated carbocycles. The van der Waals surface area contributed by atoms with E-state index in [1.165, 1.54) is 6.33 Å². The number of nitrogen functional groups attached to an aromatic ring is 1. The number of anilines is 1. The highest BCUT2D eigenvalue weighted by Crippen LogP contribution is 2.45. The molecule has 0 radical (unpaired) electrons. The van der Waals surface area contributed by atoms with E-state index < -0.39 is 5.60 Å². The molecular formula is C28H35N9O2. The van der Waals surface area contributed by atoms with Gasteiger partial charge in [-0.2, -0.15) is 9.61 Å². The molecule has 2 fully saturated rings. The zero-order valence-corrected chi connectivity index (χ0v) is 22.6. The molecule has 4 heterocycles. The maximum atomic E-state index is 13.1. The van der Waals surface area contributed by atoms with Gasteiger partial charge in [0.25, 0.3) is 5.91 Å². The van der Waals surface area contributed by atoms with Crippen LogP contribution in [0.5, 0.6) is 0 Å². The zero-order chi connectivity index (χ0) is 27.3. The predicted molar refractivity (Wildman–Crippen MR) is 146 cm³/mol. The van der Waals surface area contributed by atoms with Crippen molar-refractivity contribution in [3.63, 3.8) is 0 Å². The number of nitrogens with two attached hydrogens (primary N) is 1. The number of carbonyl (C=O) groups is 1. The highest BCUT2D eigenvalue weighted by atomic mass is 16.3. The van der Waals surface area contributed by atoms with E-state index in [1.807, 2.05) is 30.9 Å². The van der Waals surface area contributed by atoms with E-state index in [9.17, 15) is 9.90 Å². The van der Waals surface area contributed by atoms with Gasteiger partial charge in [0.05, 0.1) is 17.6 Å². The summed E-state index contributed by atoms with van der Waals surface area (Å²) in [5.74, 6) is 1.09. The number of rotatable bonds is 9. The topological polar surface area (TPSA) is 151 Å². The predicted octanol–water partition coefficient (Wildman–Crippen LogP) is 3.61. The Labute approximate surface area is 226 Å². The van der Waals surface area contributed by atoms with Crippen LogP contribution in [-0.2, 0) is 12.0 Å². The number of hydrogen-bond acceptors (Lipinski definition) is 8. The molecule has 0 aliphatic heterocycles. The third-order valence-corrected chi connectivity index (χ3v) is 8.20. The number of H-pyrrole nitrogens is 1. The molecule has 11 heteroatoms. The standard InChI is InChI=1S/C28H35N9O2/c1-16(2)36(27(38)25-31-15-32-35-25)17(3)5-9-21-23(18-6-7-18)24(29)37-26(34-21)20(14-33-37)19-8-10-22(30-13-19)28(39)11-4-12-28/h8,10,13-18,39H,4-7,9,11-12,29H2,1-3H3,(H,31,32,35)/t17-/m1/s1. The number of aromatic nitrogens is 7. The summed E-state index contributed by atoms with van der Waals surface area (Å²) < 4.78 is 1.73. The van der Waals surface area contributed by atoms with Crippen molar-refractivity contribution >= 4 is 17.4 Å². The van der Waals surface area contributed by atoms with Crippen LogP contribution in [0, 0.1) is 0 Å². The molecule has 204 valence electrons. The summed E-state index contributed by atoms with van der Waals surface area (Å²) in [6.45, 7) is 6.06. The first-order valence-electron chi connectivity index (χ1n) is 13.8. The van der Waals surface area contributed by atoms with Crippen molar-refractivity contribution in [3.05, 3.63) is 53.6 Å². The summed E-state index contributed by atoms with van der Waals surface area (Å²) in [4.78, 5) is 27.5. The number of aryl methyl sites for hydroxylation is 1. The summed E-state index contributed by atoms with van der Waals surface area (Å²) in [7, 11) is 0. The summed E-state index contributed by atoms with van der Waals surface area (Å²) in [6.07, 6.45) is 11.1. The second-order valence-corrected chi connectivity index (χ2v) is 11.3. The van der Waals surface area contributed by atoms with Crippen LogP contribution in [-0.4, -0.2) is 62.8 Å². The van der Waals surface area contributed by atoms with Gasteiger partial charge in [0.15, 0.2) is 5.65 Å². The van der Waals surface area contributed by atoms with Crippen molar-refractivity contribution in [2.24, 2.45) is 0 Å². The van der Waals surface area contributed by atoms with Crippen molar-refractivity contribution in [1.29, 1.82) is 0 Å². The Balaban J connectivity index is 1.30. The van der Waals surface area contributed by atoms with Crippen molar-refractivity contribution in [1.82, 2.24) is 39.7 Å². The smallest absolute Gasteiger partial charge is 0.292 e. The summed E-state index contributed by atoms with van der Waals surface area (Å²) >= 11 is 0. The normalized spacial score (nSPS) is 17.4.